The van der Waals surface area contributed by atoms with Gasteiger partial charge in [0, 0.05) is 18.8 Å². The van der Waals surface area contributed by atoms with E-state index in [1.54, 1.807) is 0 Å². The second kappa shape index (κ2) is 2.85. The highest BCUT2D eigenvalue weighted by molar-refractivity contribution is 5.91. The molecule has 1 aromatic heterocycles. The van der Waals surface area contributed by atoms with Gasteiger partial charge < -0.3 is 15.6 Å². The van der Waals surface area contributed by atoms with Gasteiger partial charge >= 0.3 is 0 Å². The summed E-state index contributed by atoms with van der Waals surface area (Å²) < 4.78 is 2.08. The lowest BCUT2D eigenvalue weighted by atomic mass is 9.73. The van der Waals surface area contributed by atoms with Crippen molar-refractivity contribution in [1.82, 2.24) is 9.88 Å². The zero-order valence-corrected chi connectivity index (χ0v) is 8.62. The van der Waals surface area contributed by atoms with Crippen LogP contribution in [0.5, 0.6) is 0 Å². The molecule has 0 saturated heterocycles. The average Bonchev–Trinajstić information content (AvgIpc) is 2.58. The fourth-order valence-corrected chi connectivity index (χ4v) is 2.80. The summed E-state index contributed by atoms with van der Waals surface area (Å²) in [5.41, 5.74) is 7.39. The normalized spacial score (nSPS) is 22.1. The van der Waals surface area contributed by atoms with Crippen LogP contribution in [-0.2, 0) is 12.1 Å². The van der Waals surface area contributed by atoms with Crippen LogP contribution in [0.25, 0.3) is 0 Å². The number of primary amides is 1. The van der Waals surface area contributed by atoms with Gasteiger partial charge in [0.1, 0.15) is 5.69 Å². The fourth-order valence-electron chi connectivity index (χ4n) is 2.80. The Balaban J connectivity index is 2.10. The number of hydrogen-bond donors (Lipinski definition) is 2. The number of aromatic nitrogens is 1. The van der Waals surface area contributed by atoms with E-state index in [2.05, 4.69) is 9.88 Å². The molecule has 1 spiro atoms. The van der Waals surface area contributed by atoms with Gasteiger partial charge in [-0.25, -0.2) is 0 Å². The van der Waals surface area contributed by atoms with E-state index in [1.807, 2.05) is 12.1 Å². The smallest absolute Gasteiger partial charge is 0.265 e. The maximum Gasteiger partial charge on any atom is 0.265 e. The van der Waals surface area contributed by atoms with Crippen LogP contribution >= 0.6 is 0 Å². The molecule has 3 N–H and O–H groups in total. The van der Waals surface area contributed by atoms with Gasteiger partial charge in [-0.1, -0.05) is 0 Å². The number of rotatable bonds is 1. The van der Waals surface area contributed by atoms with E-state index in [9.17, 15) is 4.79 Å². The molecule has 0 radical (unpaired) electrons. The molecule has 0 bridgehead atoms. The van der Waals surface area contributed by atoms with E-state index in [0.717, 1.165) is 13.1 Å². The third-order valence-electron chi connectivity index (χ3n) is 3.73. The van der Waals surface area contributed by atoms with Crippen molar-refractivity contribution in [3.05, 3.63) is 23.5 Å². The lowest BCUT2D eigenvalue weighted by Crippen LogP contribution is -2.53. The van der Waals surface area contributed by atoms with Crippen LogP contribution < -0.4 is 11.1 Å². The first-order valence-electron chi connectivity index (χ1n) is 5.48. The molecule has 1 aliphatic carbocycles. The predicted molar refractivity (Wildman–Crippen MR) is 56.5 cm³/mol. The molecular formula is C11H15N3O. The van der Waals surface area contributed by atoms with Crippen molar-refractivity contribution in [3.8, 4) is 0 Å². The third-order valence-corrected chi connectivity index (χ3v) is 3.73. The standard InChI is InChI=1S/C11H15N3O/c12-10(15)8-2-3-9-11(4-1-5-11)13-6-7-14(8)9/h2-3,13H,1,4-7H2,(H2,12,15). The van der Waals surface area contributed by atoms with E-state index >= 15 is 0 Å². The van der Waals surface area contributed by atoms with E-state index in [4.69, 9.17) is 5.73 Å². The SMILES string of the molecule is NC(=O)c1ccc2n1CCNC21CCC1. The molecule has 3 rings (SSSR count). The molecule has 4 heteroatoms. The lowest BCUT2D eigenvalue weighted by molar-refractivity contribution is 0.0983. The highest BCUT2D eigenvalue weighted by Crippen LogP contribution is 2.43. The molecule has 2 heterocycles. The van der Waals surface area contributed by atoms with Crippen molar-refractivity contribution in [2.24, 2.45) is 5.73 Å². The highest BCUT2D eigenvalue weighted by Gasteiger charge is 2.42. The number of nitrogens with two attached hydrogens (primary N) is 1. The van der Waals surface area contributed by atoms with Crippen molar-refractivity contribution in [2.45, 2.75) is 31.3 Å². The largest absolute Gasteiger partial charge is 0.364 e. The molecule has 0 aromatic carbocycles. The number of nitrogens with zero attached hydrogens (tertiary/aromatic N) is 1. The molecule has 1 amide bonds. The minimum atomic E-state index is -0.322. The molecule has 2 aliphatic rings. The van der Waals surface area contributed by atoms with Gasteiger partial charge in [0.25, 0.3) is 5.91 Å². The van der Waals surface area contributed by atoms with E-state index in [-0.39, 0.29) is 11.4 Å². The Bertz CT molecular complexity index is 417. The molecule has 0 atom stereocenters. The van der Waals surface area contributed by atoms with Crippen molar-refractivity contribution in [1.29, 1.82) is 0 Å². The van der Waals surface area contributed by atoms with Crippen LogP contribution in [0.4, 0.5) is 0 Å². The maximum absolute atomic E-state index is 11.2. The first-order valence-corrected chi connectivity index (χ1v) is 5.48. The number of amides is 1. The third kappa shape index (κ3) is 1.08. The summed E-state index contributed by atoms with van der Waals surface area (Å²) in [5.74, 6) is -0.322. The molecule has 1 fully saturated rings. The number of fused-ring (bicyclic) bond motifs is 2. The van der Waals surface area contributed by atoms with Crippen LogP contribution in [0.2, 0.25) is 0 Å². The Labute approximate surface area is 88.4 Å². The highest BCUT2D eigenvalue weighted by atomic mass is 16.1. The summed E-state index contributed by atoms with van der Waals surface area (Å²) in [6, 6.07) is 3.90. The van der Waals surface area contributed by atoms with E-state index < -0.39 is 0 Å². The van der Waals surface area contributed by atoms with Crippen LogP contribution in [0, 0.1) is 0 Å². The Morgan fingerprint density at radius 1 is 1.47 bits per heavy atom. The van der Waals surface area contributed by atoms with E-state index in [1.165, 1.54) is 25.0 Å². The first-order chi connectivity index (χ1) is 7.23. The van der Waals surface area contributed by atoms with Crippen LogP contribution in [0.15, 0.2) is 12.1 Å². The number of hydrogen-bond acceptors (Lipinski definition) is 2. The van der Waals surface area contributed by atoms with Crippen molar-refractivity contribution in [2.75, 3.05) is 6.54 Å². The molecule has 4 nitrogen and oxygen atoms in total. The molecular weight excluding hydrogens is 190 g/mol. The summed E-state index contributed by atoms with van der Waals surface area (Å²) in [6.45, 7) is 1.78. The quantitative estimate of drug-likeness (QED) is 0.704. The lowest BCUT2D eigenvalue weighted by Gasteiger charge is -2.46. The summed E-state index contributed by atoms with van der Waals surface area (Å²) >= 11 is 0. The van der Waals surface area contributed by atoms with Gasteiger partial charge in [0.2, 0.25) is 0 Å². The zero-order chi connectivity index (χ0) is 10.5. The number of carbonyl (C=O) groups excluding carboxylic acids is 1. The summed E-state index contributed by atoms with van der Waals surface area (Å²) in [7, 11) is 0. The van der Waals surface area contributed by atoms with Gasteiger partial charge in [0.15, 0.2) is 0 Å². The summed E-state index contributed by atoms with van der Waals surface area (Å²) in [5, 5.41) is 3.57. The fraction of sp³-hybridized carbons (Fsp3) is 0.545. The van der Waals surface area contributed by atoms with Crippen LogP contribution in [-0.4, -0.2) is 17.0 Å². The summed E-state index contributed by atoms with van der Waals surface area (Å²) in [4.78, 5) is 11.2. The monoisotopic (exact) mass is 205 g/mol. The number of carbonyl (C=O) groups is 1. The molecule has 1 aliphatic heterocycles. The van der Waals surface area contributed by atoms with Crippen molar-refractivity contribution < 1.29 is 4.79 Å². The van der Waals surface area contributed by atoms with Crippen molar-refractivity contribution >= 4 is 5.91 Å². The second-order valence-electron chi connectivity index (χ2n) is 4.48. The predicted octanol–water partition coefficient (Wildman–Crippen LogP) is 0.569. The second-order valence-corrected chi connectivity index (χ2v) is 4.48. The Kier molecular flexibility index (Phi) is 1.71. The van der Waals surface area contributed by atoms with Gasteiger partial charge in [0.05, 0.1) is 5.54 Å². The van der Waals surface area contributed by atoms with Crippen LogP contribution in [0.3, 0.4) is 0 Å². The van der Waals surface area contributed by atoms with Gasteiger partial charge in [-0.3, -0.25) is 4.79 Å². The molecule has 0 unspecified atom stereocenters. The first kappa shape index (κ1) is 8.97. The Morgan fingerprint density at radius 2 is 2.27 bits per heavy atom. The Morgan fingerprint density at radius 3 is 2.87 bits per heavy atom. The molecule has 80 valence electrons. The van der Waals surface area contributed by atoms with Gasteiger partial charge in [-0.05, 0) is 31.4 Å². The maximum atomic E-state index is 11.2. The minimum Gasteiger partial charge on any atom is -0.364 e. The van der Waals surface area contributed by atoms with Crippen molar-refractivity contribution in [3.63, 3.8) is 0 Å². The summed E-state index contributed by atoms with van der Waals surface area (Å²) in [6.07, 6.45) is 3.62. The Hall–Kier alpha value is -1.29. The molecule has 1 saturated carbocycles. The molecule has 1 aromatic rings. The van der Waals surface area contributed by atoms with Crippen LogP contribution in [0.1, 0.15) is 35.4 Å². The molecule has 15 heavy (non-hydrogen) atoms. The zero-order valence-electron chi connectivity index (χ0n) is 8.62. The van der Waals surface area contributed by atoms with Gasteiger partial charge in [-0.15, -0.1) is 0 Å². The topological polar surface area (TPSA) is 60.1 Å². The average molecular weight is 205 g/mol. The van der Waals surface area contributed by atoms with Gasteiger partial charge in [-0.2, -0.15) is 0 Å². The minimum absolute atomic E-state index is 0.145. The van der Waals surface area contributed by atoms with E-state index in [0.29, 0.717) is 5.69 Å². The number of nitrogens with one attached hydrogen (secondary N) is 1.